The van der Waals surface area contributed by atoms with Crippen molar-refractivity contribution in [2.75, 3.05) is 47.0 Å². The van der Waals surface area contributed by atoms with Gasteiger partial charge in [-0.3, -0.25) is 0 Å². The van der Waals surface area contributed by atoms with Gasteiger partial charge in [0, 0.05) is 37.3 Å². The first-order valence-electron chi connectivity index (χ1n) is 11.2. The standard InChI is InChI=1S/C23H26F3N7/c1-14(15-9-16(23(24,25)26)11-17(27)10-15)29-21-18-12-20(32-5-2-3-6-32)28-13-19(18)30-22(31-21)33-7-4-8-33/h9-14H,2-8,27H2,1H3,(H,29,30,31)/t14-/m1/s1. The zero-order chi connectivity index (χ0) is 23.2. The van der Waals surface area contributed by atoms with Gasteiger partial charge in [-0.2, -0.15) is 18.2 Å². The molecule has 0 aliphatic carbocycles. The number of halogens is 3. The van der Waals surface area contributed by atoms with Crippen molar-refractivity contribution in [1.82, 2.24) is 15.0 Å². The molecule has 33 heavy (non-hydrogen) atoms. The summed E-state index contributed by atoms with van der Waals surface area (Å²) >= 11 is 0. The molecule has 174 valence electrons. The van der Waals surface area contributed by atoms with Crippen LogP contribution >= 0.6 is 0 Å². The highest BCUT2D eigenvalue weighted by atomic mass is 19.4. The molecule has 2 aliphatic heterocycles. The third kappa shape index (κ3) is 4.34. The van der Waals surface area contributed by atoms with E-state index in [-0.39, 0.29) is 5.69 Å². The van der Waals surface area contributed by atoms with Gasteiger partial charge < -0.3 is 20.9 Å². The van der Waals surface area contributed by atoms with Crippen molar-refractivity contribution in [3.63, 3.8) is 0 Å². The topological polar surface area (TPSA) is 83.2 Å². The zero-order valence-corrected chi connectivity index (χ0v) is 18.4. The molecule has 1 aromatic carbocycles. The van der Waals surface area contributed by atoms with E-state index in [2.05, 4.69) is 20.1 Å². The fourth-order valence-electron chi connectivity index (χ4n) is 4.27. The number of nitrogens with zero attached hydrogens (tertiary/aromatic N) is 5. The van der Waals surface area contributed by atoms with Crippen LogP contribution in [0.4, 0.5) is 36.4 Å². The molecule has 5 rings (SSSR count). The maximum Gasteiger partial charge on any atom is 0.416 e. The molecule has 2 saturated heterocycles. The smallest absolute Gasteiger partial charge is 0.399 e. The maximum atomic E-state index is 13.3. The molecular weight excluding hydrogens is 431 g/mol. The summed E-state index contributed by atoms with van der Waals surface area (Å²) in [5.74, 6) is 2.04. The Hall–Kier alpha value is -3.30. The Balaban J connectivity index is 1.54. The first-order chi connectivity index (χ1) is 15.8. The minimum absolute atomic E-state index is 0.0720. The van der Waals surface area contributed by atoms with E-state index in [0.29, 0.717) is 22.8 Å². The lowest BCUT2D eigenvalue weighted by Crippen LogP contribution is -2.38. The van der Waals surface area contributed by atoms with Gasteiger partial charge in [-0.25, -0.2) is 9.97 Å². The van der Waals surface area contributed by atoms with Gasteiger partial charge in [-0.15, -0.1) is 0 Å². The van der Waals surface area contributed by atoms with E-state index in [1.165, 1.54) is 0 Å². The maximum absolute atomic E-state index is 13.3. The Morgan fingerprint density at radius 1 is 0.970 bits per heavy atom. The first kappa shape index (κ1) is 21.5. The van der Waals surface area contributed by atoms with Crippen LogP contribution < -0.4 is 20.9 Å². The Morgan fingerprint density at radius 2 is 1.70 bits per heavy atom. The number of rotatable bonds is 5. The van der Waals surface area contributed by atoms with Gasteiger partial charge >= 0.3 is 6.18 Å². The van der Waals surface area contributed by atoms with E-state index in [1.807, 2.05) is 6.07 Å². The monoisotopic (exact) mass is 457 g/mol. The number of hydrogen-bond acceptors (Lipinski definition) is 7. The summed E-state index contributed by atoms with van der Waals surface area (Å²) in [6, 6.07) is 5.15. The second kappa shape index (κ2) is 8.24. The third-order valence-electron chi connectivity index (χ3n) is 6.28. The fraction of sp³-hybridized carbons (Fsp3) is 0.435. The van der Waals surface area contributed by atoms with E-state index in [4.69, 9.17) is 15.7 Å². The minimum atomic E-state index is -4.47. The van der Waals surface area contributed by atoms with Crippen molar-refractivity contribution < 1.29 is 13.2 Å². The van der Waals surface area contributed by atoms with Gasteiger partial charge in [0.15, 0.2) is 0 Å². The quantitative estimate of drug-likeness (QED) is 0.542. The highest BCUT2D eigenvalue weighted by molar-refractivity contribution is 5.91. The van der Waals surface area contributed by atoms with Crippen LogP contribution in [-0.4, -0.2) is 41.1 Å². The van der Waals surface area contributed by atoms with Gasteiger partial charge in [0.05, 0.1) is 23.3 Å². The predicted molar refractivity (Wildman–Crippen MR) is 124 cm³/mol. The van der Waals surface area contributed by atoms with Crippen molar-refractivity contribution in [3.8, 4) is 0 Å². The van der Waals surface area contributed by atoms with Gasteiger partial charge in [0.1, 0.15) is 11.6 Å². The molecule has 0 bridgehead atoms. The van der Waals surface area contributed by atoms with Crippen LogP contribution in [-0.2, 0) is 6.18 Å². The highest BCUT2D eigenvalue weighted by Gasteiger charge is 2.31. The van der Waals surface area contributed by atoms with Crippen molar-refractivity contribution in [2.24, 2.45) is 0 Å². The van der Waals surface area contributed by atoms with Crippen LogP contribution in [0.15, 0.2) is 30.5 Å². The second-order valence-electron chi connectivity index (χ2n) is 8.72. The number of hydrogen-bond donors (Lipinski definition) is 2. The van der Waals surface area contributed by atoms with E-state index in [1.54, 1.807) is 19.2 Å². The second-order valence-corrected chi connectivity index (χ2v) is 8.72. The van der Waals surface area contributed by atoms with Crippen molar-refractivity contribution >= 4 is 34.2 Å². The SMILES string of the molecule is C[C@@H](Nc1nc(N2CCC2)nc2cnc(N3CCCC3)cc12)c1cc(N)cc(C(F)(F)F)c1. The van der Waals surface area contributed by atoms with Crippen LogP contribution in [0.1, 0.15) is 43.4 Å². The first-order valence-corrected chi connectivity index (χ1v) is 11.2. The van der Waals surface area contributed by atoms with Crippen LogP contribution in [0.3, 0.4) is 0 Å². The molecule has 0 unspecified atom stereocenters. The Labute approximate surface area is 189 Å². The van der Waals surface area contributed by atoms with Crippen LogP contribution in [0.25, 0.3) is 10.9 Å². The lowest BCUT2D eigenvalue weighted by atomic mass is 10.0. The van der Waals surface area contributed by atoms with Crippen LogP contribution in [0.2, 0.25) is 0 Å². The number of nitrogen functional groups attached to an aromatic ring is 1. The van der Waals surface area contributed by atoms with Gasteiger partial charge in [0.25, 0.3) is 0 Å². The lowest BCUT2D eigenvalue weighted by Gasteiger charge is -2.31. The summed E-state index contributed by atoms with van der Waals surface area (Å²) in [6.07, 6.45) is 0.626. The van der Waals surface area contributed by atoms with E-state index in [0.717, 1.165) is 68.8 Å². The minimum Gasteiger partial charge on any atom is -0.399 e. The van der Waals surface area contributed by atoms with Gasteiger partial charge in [-0.1, -0.05) is 0 Å². The molecule has 2 fully saturated rings. The molecule has 2 aromatic heterocycles. The summed E-state index contributed by atoms with van der Waals surface area (Å²) in [5, 5.41) is 4.12. The number of fused-ring (bicyclic) bond motifs is 1. The molecule has 0 saturated carbocycles. The molecule has 2 aliphatic rings. The average molecular weight is 458 g/mol. The molecule has 7 nitrogen and oxygen atoms in total. The lowest BCUT2D eigenvalue weighted by molar-refractivity contribution is -0.137. The number of alkyl halides is 3. The largest absolute Gasteiger partial charge is 0.416 e. The number of benzene rings is 1. The number of nitrogens with two attached hydrogens (primary N) is 1. The molecule has 10 heteroatoms. The number of pyridine rings is 1. The highest BCUT2D eigenvalue weighted by Crippen LogP contribution is 2.35. The molecule has 0 radical (unpaired) electrons. The predicted octanol–water partition coefficient (Wildman–Crippen LogP) is 4.61. The average Bonchev–Trinajstić information content (AvgIpc) is 3.26. The number of nitrogens with one attached hydrogen (secondary N) is 1. The van der Waals surface area contributed by atoms with Crippen molar-refractivity contribution in [1.29, 1.82) is 0 Å². The summed E-state index contributed by atoms with van der Waals surface area (Å²) in [6.45, 7) is 5.46. The zero-order valence-electron chi connectivity index (χ0n) is 18.4. The normalized spacial score (nSPS) is 17.3. The molecule has 1 atom stereocenters. The Morgan fingerprint density at radius 3 is 2.36 bits per heavy atom. The van der Waals surface area contributed by atoms with Crippen molar-refractivity contribution in [3.05, 3.63) is 41.6 Å². The number of anilines is 4. The molecule has 3 N–H and O–H groups in total. The molecule has 0 spiro atoms. The van der Waals surface area contributed by atoms with Gasteiger partial charge in [-0.05, 0) is 56.0 Å². The van der Waals surface area contributed by atoms with E-state index < -0.39 is 17.8 Å². The molecule has 0 amide bonds. The Kier molecular flexibility index (Phi) is 5.38. The third-order valence-corrected chi connectivity index (χ3v) is 6.28. The molecule has 3 aromatic rings. The summed E-state index contributed by atoms with van der Waals surface area (Å²) in [7, 11) is 0. The van der Waals surface area contributed by atoms with Gasteiger partial charge in [0.2, 0.25) is 5.95 Å². The molecule has 4 heterocycles. The van der Waals surface area contributed by atoms with E-state index in [9.17, 15) is 13.2 Å². The van der Waals surface area contributed by atoms with Crippen molar-refractivity contribution in [2.45, 2.75) is 38.4 Å². The van der Waals surface area contributed by atoms with Crippen LogP contribution in [0, 0.1) is 0 Å². The number of aromatic nitrogens is 3. The summed E-state index contributed by atoms with van der Waals surface area (Å²) < 4.78 is 39.9. The van der Waals surface area contributed by atoms with Crippen LogP contribution in [0.5, 0.6) is 0 Å². The summed E-state index contributed by atoms with van der Waals surface area (Å²) in [5.41, 5.74) is 6.23. The molecular formula is C23H26F3N7. The summed E-state index contributed by atoms with van der Waals surface area (Å²) in [4.78, 5) is 18.4. The van der Waals surface area contributed by atoms with E-state index >= 15 is 0 Å². The Bertz CT molecular complexity index is 1170. The fourth-order valence-corrected chi connectivity index (χ4v) is 4.27.